The van der Waals surface area contributed by atoms with Gasteiger partial charge in [0, 0.05) is 17.9 Å². The van der Waals surface area contributed by atoms with Gasteiger partial charge < -0.3 is 5.32 Å². The van der Waals surface area contributed by atoms with E-state index >= 15 is 0 Å². The number of hydrogen-bond acceptors (Lipinski definition) is 1. The average molecular weight is 203 g/mol. The standard InChI is InChI=1S/C13H17NO/c1-3-13(9-12(15)14-10(13)2)11-7-5-4-6-8-11/h4-8,10H,3,9H2,1-2H3,(H,14,15). The van der Waals surface area contributed by atoms with Gasteiger partial charge in [-0.2, -0.15) is 0 Å². The van der Waals surface area contributed by atoms with Gasteiger partial charge in [-0.3, -0.25) is 4.79 Å². The number of carbonyl (C=O) groups is 1. The number of hydrogen-bond donors (Lipinski definition) is 1. The summed E-state index contributed by atoms with van der Waals surface area (Å²) < 4.78 is 0. The van der Waals surface area contributed by atoms with Gasteiger partial charge in [-0.1, -0.05) is 37.3 Å². The molecule has 1 aromatic rings. The van der Waals surface area contributed by atoms with Crippen molar-refractivity contribution in [1.82, 2.24) is 5.32 Å². The van der Waals surface area contributed by atoms with Crippen LogP contribution in [0.1, 0.15) is 32.3 Å². The lowest BCUT2D eigenvalue weighted by atomic mass is 9.73. The first-order valence-corrected chi connectivity index (χ1v) is 5.54. The summed E-state index contributed by atoms with van der Waals surface area (Å²) in [6.07, 6.45) is 1.62. The molecule has 80 valence electrons. The smallest absolute Gasteiger partial charge is 0.221 e. The number of amides is 1. The molecule has 0 bridgehead atoms. The van der Waals surface area contributed by atoms with Gasteiger partial charge in [0.25, 0.3) is 0 Å². The highest BCUT2D eigenvalue weighted by atomic mass is 16.2. The minimum Gasteiger partial charge on any atom is -0.353 e. The number of rotatable bonds is 2. The molecule has 2 atom stereocenters. The fourth-order valence-corrected chi connectivity index (χ4v) is 2.63. The lowest BCUT2D eigenvalue weighted by Gasteiger charge is -2.31. The quantitative estimate of drug-likeness (QED) is 0.784. The second kappa shape index (κ2) is 3.69. The van der Waals surface area contributed by atoms with Crippen LogP contribution in [0.5, 0.6) is 0 Å². The predicted octanol–water partition coefficient (Wildman–Crippen LogP) is 2.24. The molecule has 1 aliphatic heterocycles. The van der Waals surface area contributed by atoms with E-state index in [0.717, 1.165) is 6.42 Å². The first-order valence-electron chi connectivity index (χ1n) is 5.54. The van der Waals surface area contributed by atoms with Gasteiger partial charge in [-0.15, -0.1) is 0 Å². The second-order valence-electron chi connectivity index (χ2n) is 4.34. The normalized spacial score (nSPS) is 30.3. The Hall–Kier alpha value is -1.31. The topological polar surface area (TPSA) is 29.1 Å². The summed E-state index contributed by atoms with van der Waals surface area (Å²) in [4.78, 5) is 11.5. The molecular formula is C13H17NO. The van der Waals surface area contributed by atoms with Crippen LogP contribution in [0.15, 0.2) is 30.3 Å². The molecule has 0 spiro atoms. The first-order chi connectivity index (χ1) is 7.19. The van der Waals surface area contributed by atoms with Crippen molar-refractivity contribution in [3.05, 3.63) is 35.9 Å². The van der Waals surface area contributed by atoms with E-state index in [1.165, 1.54) is 5.56 Å². The minimum atomic E-state index is -0.00164. The molecule has 0 aromatic heterocycles. The Morgan fingerprint density at radius 2 is 2.07 bits per heavy atom. The Kier molecular flexibility index (Phi) is 2.51. The molecule has 1 aromatic carbocycles. The molecule has 2 unspecified atom stereocenters. The molecule has 0 aliphatic carbocycles. The zero-order valence-corrected chi connectivity index (χ0v) is 9.29. The van der Waals surface area contributed by atoms with Crippen molar-refractivity contribution in [2.24, 2.45) is 0 Å². The van der Waals surface area contributed by atoms with E-state index in [1.807, 2.05) is 18.2 Å². The summed E-state index contributed by atoms with van der Waals surface area (Å²) in [5.74, 6) is 0.174. The van der Waals surface area contributed by atoms with Crippen LogP contribution >= 0.6 is 0 Å². The molecule has 1 heterocycles. The molecule has 2 rings (SSSR count). The lowest BCUT2D eigenvalue weighted by molar-refractivity contribution is -0.119. The molecular weight excluding hydrogens is 186 g/mol. The highest BCUT2D eigenvalue weighted by Crippen LogP contribution is 2.38. The zero-order chi connectivity index (χ0) is 10.9. The third-order valence-corrected chi connectivity index (χ3v) is 3.66. The van der Waals surface area contributed by atoms with Crippen molar-refractivity contribution >= 4 is 5.91 Å². The Bertz CT molecular complexity index is 360. The first kappa shape index (κ1) is 10.2. The molecule has 1 aliphatic rings. The Labute approximate surface area is 90.7 Å². The van der Waals surface area contributed by atoms with E-state index in [1.54, 1.807) is 0 Å². The summed E-state index contributed by atoms with van der Waals surface area (Å²) >= 11 is 0. The summed E-state index contributed by atoms with van der Waals surface area (Å²) in [5.41, 5.74) is 1.27. The predicted molar refractivity (Wildman–Crippen MR) is 60.6 cm³/mol. The van der Waals surface area contributed by atoms with E-state index in [-0.39, 0.29) is 17.4 Å². The summed E-state index contributed by atoms with van der Waals surface area (Å²) in [6.45, 7) is 4.26. The summed E-state index contributed by atoms with van der Waals surface area (Å²) in [7, 11) is 0. The molecule has 1 amide bonds. The SMILES string of the molecule is CCC1(c2ccccc2)CC(=O)NC1C. The largest absolute Gasteiger partial charge is 0.353 e. The zero-order valence-electron chi connectivity index (χ0n) is 9.29. The monoisotopic (exact) mass is 203 g/mol. The van der Waals surface area contributed by atoms with Crippen LogP contribution in [0.3, 0.4) is 0 Å². The number of carbonyl (C=O) groups excluding carboxylic acids is 1. The molecule has 0 saturated carbocycles. The van der Waals surface area contributed by atoms with E-state index in [9.17, 15) is 4.79 Å². The molecule has 2 nitrogen and oxygen atoms in total. The van der Waals surface area contributed by atoms with Crippen molar-refractivity contribution in [2.75, 3.05) is 0 Å². The van der Waals surface area contributed by atoms with E-state index in [4.69, 9.17) is 0 Å². The summed E-state index contributed by atoms with van der Waals surface area (Å²) in [6, 6.07) is 10.6. The maximum absolute atomic E-state index is 11.5. The van der Waals surface area contributed by atoms with Gasteiger partial charge in [-0.05, 0) is 18.9 Å². The van der Waals surface area contributed by atoms with Crippen LogP contribution in [-0.2, 0) is 10.2 Å². The van der Waals surface area contributed by atoms with Crippen LogP contribution in [0.25, 0.3) is 0 Å². The summed E-state index contributed by atoms with van der Waals surface area (Å²) in [5, 5.41) is 3.02. The Morgan fingerprint density at radius 3 is 2.53 bits per heavy atom. The number of nitrogens with one attached hydrogen (secondary N) is 1. The van der Waals surface area contributed by atoms with Gasteiger partial charge >= 0.3 is 0 Å². The van der Waals surface area contributed by atoms with Crippen LogP contribution < -0.4 is 5.32 Å². The third-order valence-electron chi connectivity index (χ3n) is 3.66. The molecule has 2 heteroatoms. The second-order valence-corrected chi connectivity index (χ2v) is 4.34. The lowest BCUT2D eigenvalue weighted by Crippen LogP contribution is -2.37. The van der Waals surface area contributed by atoms with Crippen molar-refractivity contribution in [1.29, 1.82) is 0 Å². The van der Waals surface area contributed by atoms with Crippen LogP contribution in [-0.4, -0.2) is 11.9 Å². The van der Waals surface area contributed by atoms with Crippen LogP contribution in [0.4, 0.5) is 0 Å². The van der Waals surface area contributed by atoms with Crippen LogP contribution in [0.2, 0.25) is 0 Å². The Morgan fingerprint density at radius 1 is 1.40 bits per heavy atom. The van der Waals surface area contributed by atoms with Crippen molar-refractivity contribution < 1.29 is 4.79 Å². The van der Waals surface area contributed by atoms with Crippen molar-refractivity contribution in [3.63, 3.8) is 0 Å². The fraction of sp³-hybridized carbons (Fsp3) is 0.462. The van der Waals surface area contributed by atoms with E-state index in [2.05, 4.69) is 31.3 Å². The molecule has 1 saturated heterocycles. The number of benzene rings is 1. The molecule has 0 radical (unpaired) electrons. The van der Waals surface area contributed by atoms with E-state index in [0.29, 0.717) is 6.42 Å². The van der Waals surface area contributed by atoms with Crippen molar-refractivity contribution in [3.8, 4) is 0 Å². The molecule has 1 N–H and O–H groups in total. The van der Waals surface area contributed by atoms with Crippen molar-refractivity contribution in [2.45, 2.75) is 38.1 Å². The highest BCUT2D eigenvalue weighted by molar-refractivity contribution is 5.81. The van der Waals surface area contributed by atoms with E-state index < -0.39 is 0 Å². The molecule has 15 heavy (non-hydrogen) atoms. The average Bonchev–Trinajstić information content (AvgIpc) is 2.56. The van der Waals surface area contributed by atoms with Gasteiger partial charge in [0.1, 0.15) is 0 Å². The maximum atomic E-state index is 11.5. The third kappa shape index (κ3) is 1.54. The Balaban J connectivity index is 2.42. The maximum Gasteiger partial charge on any atom is 0.221 e. The highest BCUT2D eigenvalue weighted by Gasteiger charge is 2.44. The minimum absolute atomic E-state index is 0.00164. The van der Waals surface area contributed by atoms with Gasteiger partial charge in [0.15, 0.2) is 0 Å². The van der Waals surface area contributed by atoms with Gasteiger partial charge in [0.2, 0.25) is 5.91 Å². The van der Waals surface area contributed by atoms with Gasteiger partial charge in [-0.25, -0.2) is 0 Å². The van der Waals surface area contributed by atoms with Gasteiger partial charge in [0.05, 0.1) is 0 Å². The molecule has 1 fully saturated rings. The van der Waals surface area contributed by atoms with Crippen LogP contribution in [0, 0.1) is 0 Å². The fourth-order valence-electron chi connectivity index (χ4n) is 2.63.